The molecule has 1 saturated heterocycles. The van der Waals surface area contributed by atoms with Crippen molar-refractivity contribution in [2.75, 3.05) is 18.1 Å². The van der Waals surface area contributed by atoms with Gasteiger partial charge in [-0.3, -0.25) is 4.79 Å². The molecule has 0 saturated carbocycles. The van der Waals surface area contributed by atoms with Crippen molar-refractivity contribution in [1.82, 2.24) is 4.31 Å². The molecule has 3 rings (SSSR count). The number of amides is 1. The summed E-state index contributed by atoms with van der Waals surface area (Å²) in [6.07, 6.45) is 5.20. The van der Waals surface area contributed by atoms with Gasteiger partial charge in [-0.25, -0.2) is 8.42 Å². The Kier molecular flexibility index (Phi) is 3.97. The van der Waals surface area contributed by atoms with Crippen LogP contribution >= 0.6 is 11.3 Å². The third-order valence-electron chi connectivity index (χ3n) is 4.20. The first-order chi connectivity index (χ1) is 10.4. The molecule has 0 aromatic carbocycles. The van der Waals surface area contributed by atoms with E-state index in [0.29, 0.717) is 30.0 Å². The molecule has 8 heteroatoms. The largest absolute Gasteiger partial charge is 0.315 e. The molecule has 118 valence electrons. The number of carbonyl (C=O) groups is 1. The minimum atomic E-state index is -3.39. The normalized spacial score (nSPS) is 21.5. The van der Waals surface area contributed by atoms with E-state index in [-0.39, 0.29) is 5.91 Å². The number of sulfonamides is 1. The zero-order valence-electron chi connectivity index (χ0n) is 12.3. The van der Waals surface area contributed by atoms with E-state index < -0.39 is 16.1 Å². The SMILES string of the molecule is CS(=O)(=O)N1CCCC1C(=O)Nc1sc2c(c1C#N)CCC2. The van der Waals surface area contributed by atoms with Crippen LogP contribution in [0.15, 0.2) is 0 Å². The van der Waals surface area contributed by atoms with Crippen LogP contribution in [0.25, 0.3) is 0 Å². The van der Waals surface area contributed by atoms with Gasteiger partial charge in [-0.1, -0.05) is 0 Å². The highest BCUT2D eigenvalue weighted by molar-refractivity contribution is 7.88. The van der Waals surface area contributed by atoms with Gasteiger partial charge in [-0.2, -0.15) is 9.57 Å². The summed E-state index contributed by atoms with van der Waals surface area (Å²) in [5.41, 5.74) is 1.60. The smallest absolute Gasteiger partial charge is 0.243 e. The van der Waals surface area contributed by atoms with Gasteiger partial charge in [0.1, 0.15) is 17.1 Å². The number of nitrogens with one attached hydrogen (secondary N) is 1. The molecule has 1 aliphatic heterocycles. The molecule has 1 aromatic rings. The van der Waals surface area contributed by atoms with E-state index in [1.54, 1.807) is 0 Å². The average Bonchev–Trinajstić information content (AvgIpc) is 3.12. The van der Waals surface area contributed by atoms with Gasteiger partial charge in [0.2, 0.25) is 15.9 Å². The molecule has 1 atom stereocenters. The lowest BCUT2D eigenvalue weighted by molar-refractivity contribution is -0.119. The minimum Gasteiger partial charge on any atom is -0.315 e. The Morgan fingerprint density at radius 1 is 1.41 bits per heavy atom. The van der Waals surface area contributed by atoms with Gasteiger partial charge in [0.25, 0.3) is 0 Å². The minimum absolute atomic E-state index is 0.334. The van der Waals surface area contributed by atoms with Crippen LogP contribution in [-0.2, 0) is 27.7 Å². The zero-order valence-corrected chi connectivity index (χ0v) is 13.9. The van der Waals surface area contributed by atoms with E-state index in [1.165, 1.54) is 20.5 Å². The zero-order chi connectivity index (χ0) is 15.9. The first-order valence-electron chi connectivity index (χ1n) is 7.24. The lowest BCUT2D eigenvalue weighted by Crippen LogP contribution is -2.42. The first kappa shape index (κ1) is 15.5. The lowest BCUT2D eigenvalue weighted by atomic mass is 10.1. The summed E-state index contributed by atoms with van der Waals surface area (Å²) in [5.74, 6) is -0.334. The van der Waals surface area contributed by atoms with Crippen molar-refractivity contribution < 1.29 is 13.2 Å². The fraction of sp³-hybridized carbons (Fsp3) is 0.571. The van der Waals surface area contributed by atoms with Crippen LogP contribution in [0.3, 0.4) is 0 Å². The lowest BCUT2D eigenvalue weighted by Gasteiger charge is -2.21. The average molecular weight is 339 g/mol. The summed E-state index contributed by atoms with van der Waals surface area (Å²) in [4.78, 5) is 13.6. The standard InChI is InChI=1S/C14H17N3O3S2/c1-22(19,20)17-7-3-5-11(17)13(18)16-14-10(8-15)9-4-2-6-12(9)21-14/h11H,2-7H2,1H3,(H,16,18). The number of hydrogen-bond donors (Lipinski definition) is 1. The third kappa shape index (κ3) is 2.64. The summed E-state index contributed by atoms with van der Waals surface area (Å²) in [6, 6.07) is 1.51. The monoisotopic (exact) mass is 339 g/mol. The molecule has 1 fully saturated rings. The maximum Gasteiger partial charge on any atom is 0.243 e. The van der Waals surface area contributed by atoms with Crippen molar-refractivity contribution in [3.63, 3.8) is 0 Å². The quantitative estimate of drug-likeness (QED) is 0.903. The second-order valence-corrected chi connectivity index (χ2v) is 8.73. The molecule has 1 unspecified atom stereocenters. The Morgan fingerprint density at radius 2 is 2.18 bits per heavy atom. The summed E-state index contributed by atoms with van der Waals surface area (Å²) in [5, 5.41) is 12.7. The Balaban J connectivity index is 1.82. The van der Waals surface area contributed by atoms with Gasteiger partial charge in [0, 0.05) is 11.4 Å². The molecule has 1 aliphatic carbocycles. The van der Waals surface area contributed by atoms with E-state index in [4.69, 9.17) is 0 Å². The van der Waals surface area contributed by atoms with Crippen molar-refractivity contribution in [1.29, 1.82) is 5.26 Å². The van der Waals surface area contributed by atoms with Crippen LogP contribution < -0.4 is 5.32 Å². The molecular formula is C14H17N3O3S2. The molecule has 1 aromatic heterocycles. The molecule has 0 bridgehead atoms. The maximum absolute atomic E-state index is 12.4. The molecule has 1 N–H and O–H groups in total. The number of aryl methyl sites for hydroxylation is 1. The number of rotatable bonds is 3. The number of nitriles is 1. The molecular weight excluding hydrogens is 322 g/mol. The van der Waals surface area contributed by atoms with Crippen molar-refractivity contribution >= 4 is 32.3 Å². The molecule has 1 amide bonds. The van der Waals surface area contributed by atoms with Gasteiger partial charge in [-0.15, -0.1) is 11.3 Å². The van der Waals surface area contributed by atoms with Crippen molar-refractivity contribution in [3.05, 3.63) is 16.0 Å². The Labute approximate surface area is 133 Å². The molecule has 0 radical (unpaired) electrons. The number of carbonyl (C=O) groups excluding carboxylic acids is 1. The fourth-order valence-electron chi connectivity index (χ4n) is 3.20. The van der Waals surface area contributed by atoms with E-state index in [0.717, 1.165) is 31.1 Å². The van der Waals surface area contributed by atoms with Crippen molar-refractivity contribution in [3.8, 4) is 6.07 Å². The summed E-state index contributed by atoms with van der Waals surface area (Å²) >= 11 is 1.45. The van der Waals surface area contributed by atoms with Gasteiger partial charge >= 0.3 is 0 Å². The second-order valence-electron chi connectivity index (χ2n) is 5.69. The highest BCUT2D eigenvalue weighted by atomic mass is 32.2. The highest BCUT2D eigenvalue weighted by Gasteiger charge is 2.37. The fourth-order valence-corrected chi connectivity index (χ4v) is 5.57. The summed E-state index contributed by atoms with van der Waals surface area (Å²) in [7, 11) is -3.39. The molecule has 6 nitrogen and oxygen atoms in total. The Morgan fingerprint density at radius 3 is 2.86 bits per heavy atom. The van der Waals surface area contributed by atoms with Crippen LogP contribution in [0.4, 0.5) is 5.00 Å². The number of fused-ring (bicyclic) bond motifs is 1. The van der Waals surface area contributed by atoms with Crippen molar-refractivity contribution in [2.45, 2.75) is 38.1 Å². The molecule has 2 aliphatic rings. The first-order valence-corrected chi connectivity index (χ1v) is 9.90. The van der Waals surface area contributed by atoms with Crippen LogP contribution in [0, 0.1) is 11.3 Å². The second kappa shape index (κ2) is 5.65. The van der Waals surface area contributed by atoms with E-state index in [2.05, 4.69) is 11.4 Å². The van der Waals surface area contributed by atoms with E-state index in [9.17, 15) is 18.5 Å². The van der Waals surface area contributed by atoms with Gasteiger partial charge < -0.3 is 5.32 Å². The van der Waals surface area contributed by atoms with Crippen LogP contribution in [0.1, 0.15) is 35.3 Å². The number of nitrogens with zero attached hydrogens (tertiary/aromatic N) is 2. The third-order valence-corrected chi connectivity index (χ3v) is 6.70. The van der Waals surface area contributed by atoms with Crippen LogP contribution in [0.2, 0.25) is 0 Å². The Hall–Kier alpha value is -1.43. The summed E-state index contributed by atoms with van der Waals surface area (Å²) in [6.45, 7) is 0.378. The van der Waals surface area contributed by atoms with Crippen LogP contribution in [0.5, 0.6) is 0 Å². The number of hydrogen-bond acceptors (Lipinski definition) is 5. The Bertz CT molecular complexity index is 761. The predicted octanol–water partition coefficient (Wildman–Crippen LogP) is 1.47. The summed E-state index contributed by atoms with van der Waals surface area (Å²) < 4.78 is 24.7. The van der Waals surface area contributed by atoms with Crippen LogP contribution in [-0.4, -0.2) is 37.5 Å². The maximum atomic E-state index is 12.4. The van der Waals surface area contributed by atoms with Crippen molar-refractivity contribution in [2.24, 2.45) is 0 Å². The van der Waals surface area contributed by atoms with Gasteiger partial charge in [-0.05, 0) is 37.7 Å². The molecule has 0 spiro atoms. The predicted molar refractivity (Wildman–Crippen MR) is 84.3 cm³/mol. The number of thiophene rings is 1. The van der Waals surface area contributed by atoms with Gasteiger partial charge in [0.05, 0.1) is 11.8 Å². The molecule has 22 heavy (non-hydrogen) atoms. The molecule has 2 heterocycles. The highest BCUT2D eigenvalue weighted by Crippen LogP contribution is 2.38. The van der Waals surface area contributed by atoms with E-state index >= 15 is 0 Å². The topological polar surface area (TPSA) is 90.3 Å². The van der Waals surface area contributed by atoms with E-state index in [1.807, 2.05) is 0 Å². The number of anilines is 1. The van der Waals surface area contributed by atoms with Gasteiger partial charge in [0.15, 0.2) is 0 Å².